The van der Waals surface area contributed by atoms with E-state index >= 15 is 0 Å². The number of imide groups is 1. The molecule has 0 bridgehead atoms. The summed E-state index contributed by atoms with van der Waals surface area (Å²) in [6.07, 6.45) is 5.49. The van der Waals surface area contributed by atoms with Gasteiger partial charge in [0, 0.05) is 99.0 Å². The fourth-order valence-corrected chi connectivity index (χ4v) is 6.32. The minimum absolute atomic E-state index is 0.186. The van der Waals surface area contributed by atoms with Gasteiger partial charge in [0.15, 0.2) is 0 Å². The molecular formula is C39H39N9O3. The summed E-state index contributed by atoms with van der Waals surface area (Å²) in [6.45, 7) is 7.52. The smallest absolute Gasteiger partial charge is 0.324 e. The van der Waals surface area contributed by atoms with Gasteiger partial charge >= 0.3 is 6.03 Å². The predicted octanol–water partition coefficient (Wildman–Crippen LogP) is 5.61. The number of aromatic nitrogens is 3. The van der Waals surface area contributed by atoms with Crippen molar-refractivity contribution in [3.8, 4) is 11.3 Å². The Hall–Kier alpha value is -5.98. The highest BCUT2D eigenvalue weighted by Crippen LogP contribution is 2.26. The molecular weight excluding hydrogens is 642 g/mol. The van der Waals surface area contributed by atoms with Gasteiger partial charge in [0.1, 0.15) is 0 Å². The average Bonchev–Trinajstić information content (AvgIpc) is 3.15. The number of hydrogen-bond donors (Lipinski definition) is 3. The van der Waals surface area contributed by atoms with Crippen LogP contribution in [0.5, 0.6) is 0 Å². The minimum Gasteiger partial charge on any atom is -0.324 e. The van der Waals surface area contributed by atoms with Gasteiger partial charge in [0.05, 0.1) is 5.69 Å². The number of benzene rings is 3. The highest BCUT2D eigenvalue weighted by atomic mass is 16.2. The van der Waals surface area contributed by atoms with E-state index < -0.39 is 0 Å². The van der Waals surface area contributed by atoms with Gasteiger partial charge in [-0.2, -0.15) is 0 Å². The second-order valence-corrected chi connectivity index (χ2v) is 12.7. The van der Waals surface area contributed by atoms with Crippen LogP contribution in [0.1, 0.15) is 33.5 Å². The zero-order valence-electron chi connectivity index (χ0n) is 28.4. The predicted molar refractivity (Wildman–Crippen MR) is 197 cm³/mol. The van der Waals surface area contributed by atoms with Crippen molar-refractivity contribution < 1.29 is 14.4 Å². The van der Waals surface area contributed by atoms with Crippen LogP contribution in [0.4, 0.5) is 27.8 Å². The Morgan fingerprint density at radius 3 is 2.39 bits per heavy atom. The third-order valence-corrected chi connectivity index (χ3v) is 9.17. The quantitative estimate of drug-likeness (QED) is 0.172. The molecule has 2 aromatic heterocycles. The molecule has 0 spiro atoms. The fraction of sp³-hybridized carbons (Fsp3) is 0.231. The monoisotopic (exact) mass is 681 g/mol. The van der Waals surface area contributed by atoms with E-state index in [1.807, 2.05) is 85.8 Å². The molecule has 0 saturated carbocycles. The molecule has 12 nitrogen and oxygen atoms in total. The van der Waals surface area contributed by atoms with Gasteiger partial charge in [-0.15, -0.1) is 0 Å². The number of pyridine rings is 1. The summed E-state index contributed by atoms with van der Waals surface area (Å²) in [5, 5.41) is 8.73. The number of carbonyl (C=O) groups excluding carboxylic acids is 3. The maximum absolute atomic E-state index is 13.2. The van der Waals surface area contributed by atoms with Crippen LogP contribution in [-0.4, -0.2) is 75.3 Å². The number of urea groups is 1. The third-order valence-electron chi connectivity index (χ3n) is 9.17. The van der Waals surface area contributed by atoms with Gasteiger partial charge in [-0.05, 0) is 72.1 Å². The van der Waals surface area contributed by atoms with Gasteiger partial charge in [0.2, 0.25) is 11.9 Å². The lowest BCUT2D eigenvalue weighted by Gasteiger charge is -2.36. The van der Waals surface area contributed by atoms with E-state index in [1.165, 1.54) is 0 Å². The van der Waals surface area contributed by atoms with E-state index in [0.29, 0.717) is 30.2 Å². The van der Waals surface area contributed by atoms with Crippen LogP contribution in [-0.2, 0) is 17.9 Å². The lowest BCUT2D eigenvalue weighted by atomic mass is 10.1. The Bertz CT molecular complexity index is 2030. The van der Waals surface area contributed by atoms with E-state index in [9.17, 15) is 14.4 Å². The van der Waals surface area contributed by atoms with E-state index in [2.05, 4.69) is 46.8 Å². The van der Waals surface area contributed by atoms with Crippen molar-refractivity contribution in [2.75, 3.05) is 48.3 Å². The molecule has 3 N–H and O–H groups in total. The highest BCUT2D eigenvalue weighted by molar-refractivity contribution is 6.06. The molecule has 5 aromatic rings. The maximum Gasteiger partial charge on any atom is 0.328 e. The number of nitrogens with one attached hydrogen (secondary N) is 3. The van der Waals surface area contributed by atoms with Gasteiger partial charge in [-0.1, -0.05) is 36.4 Å². The summed E-state index contributed by atoms with van der Waals surface area (Å²) in [5.41, 5.74) is 7.76. The van der Waals surface area contributed by atoms with E-state index in [-0.39, 0.29) is 17.8 Å². The lowest BCUT2D eigenvalue weighted by molar-refractivity contribution is -0.120. The Labute approximate surface area is 296 Å². The standard InChI is InChI=1S/C39H39N9O3/c1-27-8-13-32(23-34(27)44-38-41-17-14-33(43-38)30-6-4-16-40-24-30)42-37(50)29-11-9-28(10-12-29)25-46-19-21-47(22-20-46)26-31-5-2-3-7-35(31)48-18-15-36(49)45-39(48)51/h2-14,16-17,23-24H,15,18-22,25-26H2,1H3,(H,42,50)(H,41,43,44)(H,45,49,51). The van der Waals surface area contributed by atoms with Gasteiger partial charge < -0.3 is 10.6 Å². The Morgan fingerprint density at radius 1 is 0.843 bits per heavy atom. The van der Waals surface area contributed by atoms with Crippen LogP contribution < -0.4 is 20.9 Å². The molecule has 12 heteroatoms. The number of hydrogen-bond acceptors (Lipinski definition) is 9. The van der Waals surface area contributed by atoms with Gasteiger partial charge in [-0.25, -0.2) is 14.8 Å². The van der Waals surface area contributed by atoms with Crippen LogP contribution in [0.15, 0.2) is 104 Å². The molecule has 7 rings (SSSR count). The SMILES string of the molecule is Cc1ccc(NC(=O)c2ccc(CN3CCN(Cc4ccccc4N4CCC(=O)NC4=O)CC3)cc2)cc1Nc1nccc(-c2cccnc2)n1. The van der Waals surface area contributed by atoms with Crippen LogP contribution in [0, 0.1) is 6.92 Å². The number of aryl methyl sites for hydroxylation is 1. The first kappa shape index (κ1) is 33.5. The molecule has 2 saturated heterocycles. The number of para-hydroxylation sites is 1. The van der Waals surface area contributed by atoms with Crippen molar-refractivity contribution in [3.05, 3.63) is 126 Å². The molecule has 4 heterocycles. The average molecular weight is 682 g/mol. The van der Waals surface area contributed by atoms with Crippen LogP contribution in [0.3, 0.4) is 0 Å². The number of amides is 4. The second kappa shape index (κ2) is 15.3. The first-order chi connectivity index (χ1) is 24.9. The molecule has 0 radical (unpaired) electrons. The van der Waals surface area contributed by atoms with E-state index in [4.69, 9.17) is 0 Å². The Balaban J connectivity index is 0.912. The zero-order valence-corrected chi connectivity index (χ0v) is 28.4. The van der Waals surface area contributed by atoms with E-state index in [1.54, 1.807) is 23.5 Å². The van der Waals surface area contributed by atoms with Crippen LogP contribution in [0.25, 0.3) is 11.3 Å². The number of carbonyl (C=O) groups is 3. The molecule has 3 aromatic carbocycles. The Morgan fingerprint density at radius 2 is 1.63 bits per heavy atom. The summed E-state index contributed by atoms with van der Waals surface area (Å²) in [7, 11) is 0. The molecule has 0 aliphatic carbocycles. The van der Waals surface area contributed by atoms with Crippen molar-refractivity contribution >= 4 is 40.9 Å². The lowest BCUT2D eigenvalue weighted by Crippen LogP contribution is -2.50. The second-order valence-electron chi connectivity index (χ2n) is 12.7. The third kappa shape index (κ3) is 8.26. The summed E-state index contributed by atoms with van der Waals surface area (Å²) in [6, 6.07) is 26.7. The molecule has 51 heavy (non-hydrogen) atoms. The first-order valence-corrected chi connectivity index (χ1v) is 17.0. The number of nitrogens with zero attached hydrogens (tertiary/aromatic N) is 6. The van der Waals surface area contributed by atoms with Crippen molar-refractivity contribution in [1.82, 2.24) is 30.1 Å². The van der Waals surface area contributed by atoms with Crippen molar-refractivity contribution in [2.24, 2.45) is 0 Å². The van der Waals surface area contributed by atoms with Crippen LogP contribution in [0.2, 0.25) is 0 Å². The summed E-state index contributed by atoms with van der Waals surface area (Å²) >= 11 is 0. The van der Waals surface area contributed by atoms with Gasteiger partial charge in [0.25, 0.3) is 5.91 Å². The first-order valence-electron chi connectivity index (χ1n) is 17.0. The summed E-state index contributed by atoms with van der Waals surface area (Å²) in [4.78, 5) is 57.0. The minimum atomic E-state index is -0.362. The summed E-state index contributed by atoms with van der Waals surface area (Å²) in [5.74, 6) is 0.0334. The fourth-order valence-electron chi connectivity index (χ4n) is 6.32. The highest BCUT2D eigenvalue weighted by Gasteiger charge is 2.27. The van der Waals surface area contributed by atoms with Crippen molar-refractivity contribution in [2.45, 2.75) is 26.4 Å². The number of piperazine rings is 1. The summed E-state index contributed by atoms with van der Waals surface area (Å²) < 4.78 is 0. The molecule has 0 unspecified atom stereocenters. The van der Waals surface area contributed by atoms with Crippen molar-refractivity contribution in [1.29, 1.82) is 0 Å². The molecule has 2 aliphatic heterocycles. The molecule has 2 aliphatic rings. The van der Waals surface area contributed by atoms with Gasteiger partial charge in [-0.3, -0.25) is 34.6 Å². The molecule has 4 amide bonds. The zero-order chi connectivity index (χ0) is 35.2. The molecule has 258 valence electrons. The normalized spacial score (nSPS) is 15.4. The van der Waals surface area contributed by atoms with Crippen LogP contribution >= 0.6 is 0 Å². The molecule has 2 fully saturated rings. The van der Waals surface area contributed by atoms with E-state index in [0.717, 1.165) is 78.6 Å². The topological polar surface area (TPSA) is 136 Å². The molecule has 0 atom stereocenters. The number of rotatable bonds is 10. The maximum atomic E-state index is 13.2. The Kier molecular flexibility index (Phi) is 10.0. The van der Waals surface area contributed by atoms with Crippen molar-refractivity contribution in [3.63, 3.8) is 0 Å². The number of anilines is 4. The largest absolute Gasteiger partial charge is 0.328 e.